The molecule has 0 saturated heterocycles. The molecular formula is C15H12F2N6O. The Bertz CT molecular complexity index is 895. The average molecular weight is 330 g/mol. The van der Waals surface area contributed by atoms with Gasteiger partial charge in [0.05, 0.1) is 18.4 Å². The molecule has 0 unspecified atom stereocenters. The van der Waals surface area contributed by atoms with Crippen LogP contribution < -0.4 is 11.1 Å². The van der Waals surface area contributed by atoms with Crippen LogP contribution in [0.5, 0.6) is 0 Å². The van der Waals surface area contributed by atoms with Gasteiger partial charge in [-0.1, -0.05) is 12.1 Å². The van der Waals surface area contributed by atoms with Gasteiger partial charge in [0.15, 0.2) is 23.1 Å². The largest absolute Gasteiger partial charge is 0.382 e. The van der Waals surface area contributed by atoms with Crippen LogP contribution in [0.1, 0.15) is 16.1 Å². The molecule has 0 aliphatic heterocycles. The average Bonchev–Trinajstić information content (AvgIpc) is 2.99. The number of nitrogens with two attached hydrogens (primary N) is 1. The predicted octanol–water partition coefficient (Wildman–Crippen LogP) is 1.83. The van der Waals surface area contributed by atoms with E-state index in [4.69, 9.17) is 5.73 Å². The molecule has 0 aliphatic rings. The second kappa shape index (κ2) is 6.41. The summed E-state index contributed by atoms with van der Waals surface area (Å²) in [5.74, 6) is -2.39. The molecule has 1 amide bonds. The van der Waals surface area contributed by atoms with Gasteiger partial charge in [0.1, 0.15) is 0 Å². The Kier molecular flexibility index (Phi) is 4.15. The molecule has 1 aromatic carbocycles. The van der Waals surface area contributed by atoms with E-state index >= 15 is 0 Å². The zero-order valence-corrected chi connectivity index (χ0v) is 12.3. The maximum absolute atomic E-state index is 13.7. The molecule has 2 aromatic heterocycles. The Morgan fingerprint density at radius 1 is 1.25 bits per heavy atom. The first kappa shape index (κ1) is 15.5. The van der Waals surface area contributed by atoms with Gasteiger partial charge in [0.25, 0.3) is 5.91 Å². The number of nitrogens with zero attached hydrogens (tertiary/aromatic N) is 4. The van der Waals surface area contributed by atoms with Gasteiger partial charge in [0, 0.05) is 24.2 Å². The first-order chi connectivity index (χ1) is 11.5. The SMILES string of the molecule is Nc1nccnc1C(=O)Nc1cnn(Cc2cccc(F)c2F)c1. The van der Waals surface area contributed by atoms with E-state index in [1.807, 2.05) is 0 Å². The molecule has 2 heterocycles. The highest BCUT2D eigenvalue weighted by atomic mass is 19.2. The highest BCUT2D eigenvalue weighted by Gasteiger charge is 2.14. The van der Waals surface area contributed by atoms with Crippen LogP contribution in [-0.4, -0.2) is 25.7 Å². The van der Waals surface area contributed by atoms with Gasteiger partial charge in [-0.15, -0.1) is 0 Å². The van der Waals surface area contributed by atoms with Crippen molar-refractivity contribution in [1.29, 1.82) is 0 Å². The smallest absolute Gasteiger partial charge is 0.278 e. The summed E-state index contributed by atoms with van der Waals surface area (Å²) in [6, 6.07) is 3.91. The van der Waals surface area contributed by atoms with Crippen molar-refractivity contribution in [3.63, 3.8) is 0 Å². The number of rotatable bonds is 4. The Balaban J connectivity index is 1.73. The zero-order valence-electron chi connectivity index (χ0n) is 12.3. The van der Waals surface area contributed by atoms with Gasteiger partial charge in [0.2, 0.25) is 0 Å². The Hall–Kier alpha value is -3.36. The van der Waals surface area contributed by atoms with E-state index in [1.165, 1.54) is 41.6 Å². The van der Waals surface area contributed by atoms with Gasteiger partial charge in [-0.05, 0) is 6.07 Å². The van der Waals surface area contributed by atoms with Crippen molar-refractivity contribution in [2.75, 3.05) is 11.1 Å². The predicted molar refractivity (Wildman–Crippen MR) is 82.1 cm³/mol. The molecule has 122 valence electrons. The number of nitrogen functional groups attached to an aromatic ring is 1. The molecule has 3 N–H and O–H groups in total. The Labute approximate surface area is 135 Å². The van der Waals surface area contributed by atoms with E-state index < -0.39 is 17.5 Å². The lowest BCUT2D eigenvalue weighted by molar-refractivity contribution is 0.102. The molecular weight excluding hydrogens is 318 g/mol. The van der Waals surface area contributed by atoms with Crippen LogP contribution in [0.3, 0.4) is 0 Å². The van der Waals surface area contributed by atoms with E-state index in [0.717, 1.165) is 6.07 Å². The third-order valence-corrected chi connectivity index (χ3v) is 3.20. The number of carbonyl (C=O) groups excluding carboxylic acids is 1. The summed E-state index contributed by atoms with van der Waals surface area (Å²) in [7, 11) is 0. The second-order valence-corrected chi connectivity index (χ2v) is 4.88. The standard InChI is InChI=1S/C15H12F2N6O/c16-11-3-1-2-9(12(11)17)7-23-8-10(6-21-23)22-15(24)13-14(18)20-5-4-19-13/h1-6,8H,7H2,(H2,18,20)(H,22,24). The van der Waals surface area contributed by atoms with Crippen molar-refractivity contribution in [2.24, 2.45) is 0 Å². The fraction of sp³-hybridized carbons (Fsp3) is 0.0667. The highest BCUT2D eigenvalue weighted by Crippen LogP contribution is 2.14. The van der Waals surface area contributed by atoms with Crippen molar-refractivity contribution < 1.29 is 13.6 Å². The maximum Gasteiger partial charge on any atom is 0.278 e. The summed E-state index contributed by atoms with van der Waals surface area (Å²) in [6.07, 6.45) is 5.58. The van der Waals surface area contributed by atoms with Crippen LogP contribution >= 0.6 is 0 Å². The number of aromatic nitrogens is 4. The minimum atomic E-state index is -0.925. The Morgan fingerprint density at radius 3 is 2.83 bits per heavy atom. The summed E-state index contributed by atoms with van der Waals surface area (Å²) in [6.45, 7) is 0.0206. The molecule has 3 aromatic rings. The number of amides is 1. The van der Waals surface area contributed by atoms with Crippen LogP contribution in [0.25, 0.3) is 0 Å². The quantitative estimate of drug-likeness (QED) is 0.760. The molecule has 0 saturated carbocycles. The monoisotopic (exact) mass is 330 g/mol. The topological polar surface area (TPSA) is 98.7 Å². The number of anilines is 2. The molecule has 0 atom stereocenters. The highest BCUT2D eigenvalue weighted by molar-refractivity contribution is 6.05. The minimum Gasteiger partial charge on any atom is -0.382 e. The van der Waals surface area contributed by atoms with E-state index in [9.17, 15) is 13.6 Å². The number of hydrogen-bond donors (Lipinski definition) is 2. The summed E-state index contributed by atoms with van der Waals surface area (Å²) in [5.41, 5.74) is 6.08. The van der Waals surface area contributed by atoms with Gasteiger partial charge < -0.3 is 11.1 Å². The van der Waals surface area contributed by atoms with Crippen LogP contribution in [0.15, 0.2) is 43.0 Å². The van der Waals surface area contributed by atoms with Crippen molar-refractivity contribution in [2.45, 2.75) is 6.54 Å². The van der Waals surface area contributed by atoms with Crippen LogP contribution in [0, 0.1) is 11.6 Å². The van der Waals surface area contributed by atoms with Crippen LogP contribution in [0.2, 0.25) is 0 Å². The summed E-state index contributed by atoms with van der Waals surface area (Å²) in [4.78, 5) is 19.7. The third kappa shape index (κ3) is 3.19. The third-order valence-electron chi connectivity index (χ3n) is 3.20. The lowest BCUT2D eigenvalue weighted by Gasteiger charge is -2.04. The molecule has 7 nitrogen and oxygen atoms in total. The number of halogens is 2. The van der Waals surface area contributed by atoms with Crippen molar-refractivity contribution in [3.8, 4) is 0 Å². The number of carbonyl (C=O) groups is 1. The van der Waals surface area contributed by atoms with Gasteiger partial charge in [-0.25, -0.2) is 18.7 Å². The lowest BCUT2D eigenvalue weighted by atomic mass is 10.2. The first-order valence-corrected chi connectivity index (χ1v) is 6.88. The second-order valence-electron chi connectivity index (χ2n) is 4.88. The van der Waals surface area contributed by atoms with Crippen LogP contribution in [-0.2, 0) is 6.54 Å². The normalized spacial score (nSPS) is 10.6. The Morgan fingerprint density at radius 2 is 2.04 bits per heavy atom. The molecule has 3 rings (SSSR count). The molecule has 0 bridgehead atoms. The van der Waals surface area contributed by atoms with Crippen LogP contribution in [0.4, 0.5) is 20.3 Å². The lowest BCUT2D eigenvalue weighted by Crippen LogP contribution is -2.16. The van der Waals surface area contributed by atoms with Gasteiger partial charge in [-0.3, -0.25) is 9.48 Å². The van der Waals surface area contributed by atoms with E-state index in [0.29, 0.717) is 5.69 Å². The summed E-state index contributed by atoms with van der Waals surface area (Å²) in [5, 5.41) is 6.56. The molecule has 9 heteroatoms. The molecule has 24 heavy (non-hydrogen) atoms. The fourth-order valence-electron chi connectivity index (χ4n) is 2.07. The van der Waals surface area contributed by atoms with Gasteiger partial charge in [-0.2, -0.15) is 5.10 Å². The van der Waals surface area contributed by atoms with E-state index in [2.05, 4.69) is 20.4 Å². The zero-order chi connectivity index (χ0) is 17.1. The van der Waals surface area contributed by atoms with Crippen molar-refractivity contribution in [3.05, 3.63) is 65.9 Å². The molecule has 0 aliphatic carbocycles. The maximum atomic E-state index is 13.7. The molecule has 0 fully saturated rings. The van der Waals surface area contributed by atoms with Gasteiger partial charge >= 0.3 is 0 Å². The van der Waals surface area contributed by atoms with Crippen molar-refractivity contribution >= 4 is 17.4 Å². The first-order valence-electron chi connectivity index (χ1n) is 6.88. The van der Waals surface area contributed by atoms with E-state index in [-0.39, 0.29) is 23.6 Å². The molecule has 0 radical (unpaired) electrons. The molecule has 0 spiro atoms. The number of nitrogens with one attached hydrogen (secondary N) is 1. The minimum absolute atomic E-state index is 0.00391. The fourth-order valence-corrected chi connectivity index (χ4v) is 2.07. The summed E-state index contributed by atoms with van der Waals surface area (Å²) >= 11 is 0. The number of benzene rings is 1. The van der Waals surface area contributed by atoms with Crippen molar-refractivity contribution in [1.82, 2.24) is 19.7 Å². The van der Waals surface area contributed by atoms with E-state index in [1.54, 1.807) is 0 Å². The summed E-state index contributed by atoms with van der Waals surface area (Å²) < 4.78 is 28.2. The number of hydrogen-bond acceptors (Lipinski definition) is 5.